The minimum atomic E-state index is -0.804. The molecule has 2 nitrogen and oxygen atoms in total. The SMILES string of the molecule is CCC(O)(C#CCNCc1cccc2ccccc12)C1CCCCC1. The smallest absolute Gasteiger partial charge is 0.128 e. The molecule has 25 heavy (non-hydrogen) atoms. The van der Waals surface area contributed by atoms with Gasteiger partial charge in [0.05, 0.1) is 6.54 Å². The predicted octanol–water partition coefficient (Wildman–Crippen LogP) is 4.65. The summed E-state index contributed by atoms with van der Waals surface area (Å²) in [5, 5.41) is 16.9. The maximum absolute atomic E-state index is 10.9. The van der Waals surface area contributed by atoms with E-state index in [1.807, 2.05) is 6.92 Å². The van der Waals surface area contributed by atoms with Crippen LogP contribution in [0.2, 0.25) is 0 Å². The zero-order chi connectivity index (χ0) is 17.5. The molecule has 0 radical (unpaired) electrons. The Morgan fingerprint density at radius 1 is 1.08 bits per heavy atom. The number of benzene rings is 2. The third-order valence-corrected chi connectivity index (χ3v) is 5.53. The highest BCUT2D eigenvalue weighted by atomic mass is 16.3. The van der Waals surface area contributed by atoms with E-state index < -0.39 is 5.60 Å². The Labute approximate surface area is 151 Å². The molecule has 1 aliphatic carbocycles. The summed E-state index contributed by atoms with van der Waals surface area (Å²) >= 11 is 0. The minimum Gasteiger partial charge on any atom is -0.377 e. The number of aliphatic hydroxyl groups is 1. The van der Waals surface area contributed by atoms with E-state index >= 15 is 0 Å². The van der Waals surface area contributed by atoms with Gasteiger partial charge in [-0.15, -0.1) is 0 Å². The van der Waals surface area contributed by atoms with Crippen molar-refractivity contribution in [2.45, 2.75) is 57.6 Å². The van der Waals surface area contributed by atoms with Gasteiger partial charge < -0.3 is 10.4 Å². The molecular formula is C23H29NO. The highest BCUT2D eigenvalue weighted by molar-refractivity contribution is 5.85. The molecule has 2 aromatic rings. The van der Waals surface area contributed by atoms with Gasteiger partial charge in [-0.3, -0.25) is 0 Å². The standard InChI is InChI=1S/C23H29NO/c1-2-23(25,21-13-4-3-5-14-21)16-9-17-24-18-20-12-8-11-19-10-6-7-15-22(19)20/h6-8,10-12,15,21,24-25H,2-5,13-14,17-18H2,1H3. The van der Waals surface area contributed by atoms with Crippen molar-refractivity contribution < 1.29 is 5.11 Å². The monoisotopic (exact) mass is 335 g/mol. The second-order valence-electron chi connectivity index (χ2n) is 7.16. The molecule has 2 heteroatoms. The van der Waals surface area contributed by atoms with Crippen LogP contribution in [0.4, 0.5) is 0 Å². The van der Waals surface area contributed by atoms with Crippen molar-refractivity contribution >= 4 is 10.8 Å². The van der Waals surface area contributed by atoms with Crippen LogP contribution in [0, 0.1) is 17.8 Å². The quantitative estimate of drug-likeness (QED) is 0.615. The first-order chi connectivity index (χ1) is 12.2. The third kappa shape index (κ3) is 4.42. The summed E-state index contributed by atoms with van der Waals surface area (Å²) in [7, 11) is 0. The van der Waals surface area contributed by atoms with Gasteiger partial charge in [0.2, 0.25) is 0 Å². The van der Waals surface area contributed by atoms with Crippen molar-refractivity contribution in [3.63, 3.8) is 0 Å². The normalized spacial score (nSPS) is 17.7. The Bertz CT molecular complexity index is 746. The van der Waals surface area contributed by atoms with Crippen LogP contribution in [0.5, 0.6) is 0 Å². The van der Waals surface area contributed by atoms with E-state index in [2.05, 4.69) is 59.6 Å². The van der Waals surface area contributed by atoms with Crippen LogP contribution in [-0.4, -0.2) is 17.3 Å². The molecule has 0 spiro atoms. The second kappa shape index (κ2) is 8.52. The van der Waals surface area contributed by atoms with Crippen LogP contribution >= 0.6 is 0 Å². The molecule has 2 N–H and O–H groups in total. The Morgan fingerprint density at radius 2 is 1.84 bits per heavy atom. The second-order valence-corrected chi connectivity index (χ2v) is 7.16. The zero-order valence-electron chi connectivity index (χ0n) is 15.2. The zero-order valence-corrected chi connectivity index (χ0v) is 15.2. The molecular weight excluding hydrogens is 306 g/mol. The molecule has 1 atom stereocenters. The van der Waals surface area contributed by atoms with Crippen molar-refractivity contribution in [2.75, 3.05) is 6.54 Å². The predicted molar refractivity (Wildman–Crippen MR) is 105 cm³/mol. The van der Waals surface area contributed by atoms with Gasteiger partial charge in [-0.1, -0.05) is 80.5 Å². The lowest BCUT2D eigenvalue weighted by Gasteiger charge is -2.33. The van der Waals surface area contributed by atoms with Gasteiger partial charge in [0.25, 0.3) is 0 Å². The van der Waals surface area contributed by atoms with Crippen LogP contribution < -0.4 is 5.32 Å². The van der Waals surface area contributed by atoms with Crippen molar-refractivity contribution in [3.05, 3.63) is 48.0 Å². The largest absolute Gasteiger partial charge is 0.377 e. The molecule has 0 bridgehead atoms. The maximum Gasteiger partial charge on any atom is 0.128 e. The fraction of sp³-hybridized carbons (Fsp3) is 0.478. The molecule has 0 amide bonds. The van der Waals surface area contributed by atoms with Gasteiger partial charge >= 0.3 is 0 Å². The summed E-state index contributed by atoms with van der Waals surface area (Å²) in [6.45, 7) is 3.45. The molecule has 0 saturated heterocycles. The lowest BCUT2D eigenvalue weighted by atomic mass is 9.76. The first kappa shape index (κ1) is 18.0. The van der Waals surface area contributed by atoms with E-state index in [1.165, 1.54) is 35.6 Å². The molecule has 2 aromatic carbocycles. The first-order valence-electron chi connectivity index (χ1n) is 9.63. The van der Waals surface area contributed by atoms with Gasteiger partial charge in [0.15, 0.2) is 0 Å². The average Bonchev–Trinajstić information content (AvgIpc) is 2.68. The third-order valence-electron chi connectivity index (χ3n) is 5.53. The molecule has 132 valence electrons. The molecule has 1 fully saturated rings. The van der Waals surface area contributed by atoms with Crippen LogP contribution in [-0.2, 0) is 6.54 Å². The van der Waals surface area contributed by atoms with Crippen LogP contribution in [0.25, 0.3) is 10.8 Å². The molecule has 1 aliphatic rings. The fourth-order valence-corrected chi connectivity index (χ4v) is 3.96. The van der Waals surface area contributed by atoms with E-state index in [4.69, 9.17) is 0 Å². The van der Waals surface area contributed by atoms with Crippen molar-refractivity contribution in [1.29, 1.82) is 0 Å². The maximum atomic E-state index is 10.9. The molecule has 3 rings (SSSR count). The summed E-state index contributed by atoms with van der Waals surface area (Å²) in [4.78, 5) is 0. The fourth-order valence-electron chi connectivity index (χ4n) is 3.96. The number of hydrogen-bond donors (Lipinski definition) is 2. The first-order valence-corrected chi connectivity index (χ1v) is 9.63. The Balaban J connectivity index is 1.58. The lowest BCUT2D eigenvalue weighted by Crippen LogP contribution is -2.37. The lowest BCUT2D eigenvalue weighted by molar-refractivity contribution is 0.0165. The number of hydrogen-bond acceptors (Lipinski definition) is 2. The highest BCUT2D eigenvalue weighted by Crippen LogP contribution is 2.34. The Hall–Kier alpha value is -1.82. The highest BCUT2D eigenvalue weighted by Gasteiger charge is 2.33. The number of rotatable bonds is 5. The van der Waals surface area contributed by atoms with E-state index in [1.54, 1.807) is 0 Å². The molecule has 0 aromatic heterocycles. The molecule has 1 unspecified atom stereocenters. The molecule has 0 aliphatic heterocycles. The Morgan fingerprint density at radius 3 is 2.64 bits per heavy atom. The van der Waals surface area contributed by atoms with E-state index in [9.17, 15) is 5.11 Å². The summed E-state index contributed by atoms with van der Waals surface area (Å²) in [5.74, 6) is 6.71. The van der Waals surface area contributed by atoms with Gasteiger partial charge in [0, 0.05) is 6.54 Å². The minimum absolute atomic E-state index is 0.344. The summed E-state index contributed by atoms with van der Waals surface area (Å²) in [5.41, 5.74) is 0.486. The number of fused-ring (bicyclic) bond motifs is 1. The van der Waals surface area contributed by atoms with Crippen LogP contribution in [0.1, 0.15) is 51.0 Å². The average molecular weight is 335 g/mol. The summed E-state index contributed by atoms with van der Waals surface area (Å²) in [6, 6.07) is 14.9. The number of nitrogens with one attached hydrogen (secondary N) is 1. The molecule has 1 saturated carbocycles. The van der Waals surface area contributed by atoms with E-state index in [-0.39, 0.29) is 0 Å². The topological polar surface area (TPSA) is 32.3 Å². The van der Waals surface area contributed by atoms with Gasteiger partial charge in [0.1, 0.15) is 5.60 Å². The molecule has 0 heterocycles. The van der Waals surface area contributed by atoms with Gasteiger partial charge in [-0.2, -0.15) is 0 Å². The van der Waals surface area contributed by atoms with Crippen molar-refractivity contribution in [1.82, 2.24) is 5.32 Å². The van der Waals surface area contributed by atoms with Crippen LogP contribution in [0.15, 0.2) is 42.5 Å². The van der Waals surface area contributed by atoms with E-state index in [0.29, 0.717) is 18.9 Å². The Kier molecular flexibility index (Phi) is 6.13. The summed E-state index contributed by atoms with van der Waals surface area (Å²) in [6.07, 6.45) is 6.71. The van der Waals surface area contributed by atoms with Crippen molar-refractivity contribution in [2.24, 2.45) is 5.92 Å². The summed E-state index contributed by atoms with van der Waals surface area (Å²) < 4.78 is 0. The van der Waals surface area contributed by atoms with Gasteiger partial charge in [-0.25, -0.2) is 0 Å². The van der Waals surface area contributed by atoms with E-state index in [0.717, 1.165) is 19.4 Å². The van der Waals surface area contributed by atoms with Gasteiger partial charge in [-0.05, 0) is 41.5 Å². The van der Waals surface area contributed by atoms with Crippen LogP contribution in [0.3, 0.4) is 0 Å². The van der Waals surface area contributed by atoms with Crippen molar-refractivity contribution in [3.8, 4) is 11.8 Å².